The third kappa shape index (κ3) is 6.73. The maximum Gasteiger partial charge on any atom is 0.340 e. The molecule has 0 heterocycles. The van der Waals surface area contributed by atoms with Gasteiger partial charge in [0, 0.05) is 19.2 Å². The van der Waals surface area contributed by atoms with Crippen LogP contribution in [0, 0.1) is 0 Å². The predicted octanol–water partition coefficient (Wildman–Crippen LogP) is 2.08. The Bertz CT molecular complexity index is 899. The lowest BCUT2D eigenvalue weighted by Crippen LogP contribution is -2.40. The van der Waals surface area contributed by atoms with E-state index >= 15 is 0 Å². The van der Waals surface area contributed by atoms with E-state index in [1.165, 1.54) is 18.0 Å². The van der Waals surface area contributed by atoms with Gasteiger partial charge in [0.15, 0.2) is 6.61 Å². The zero-order valence-corrected chi connectivity index (χ0v) is 17.0. The van der Waals surface area contributed by atoms with Crippen molar-refractivity contribution >= 4 is 29.4 Å². The third-order valence-corrected chi connectivity index (χ3v) is 4.14. The second-order valence-corrected chi connectivity index (χ2v) is 6.54. The first-order valence-corrected chi connectivity index (χ1v) is 9.55. The fraction of sp³-hybridized carbons (Fsp3) is 0.273. The number of rotatable bonds is 9. The van der Waals surface area contributed by atoms with Gasteiger partial charge in [-0.1, -0.05) is 37.3 Å². The summed E-state index contributed by atoms with van der Waals surface area (Å²) < 4.78 is 5.09. The summed E-state index contributed by atoms with van der Waals surface area (Å²) >= 11 is 0. The van der Waals surface area contributed by atoms with Crippen LogP contribution in [0.25, 0.3) is 0 Å². The van der Waals surface area contributed by atoms with Gasteiger partial charge in [-0.25, -0.2) is 4.79 Å². The number of hydrogen-bond acceptors (Lipinski definition) is 5. The number of anilines is 1. The maximum absolute atomic E-state index is 12.5. The van der Waals surface area contributed by atoms with E-state index in [2.05, 4.69) is 10.6 Å². The zero-order valence-electron chi connectivity index (χ0n) is 17.0. The van der Waals surface area contributed by atoms with Gasteiger partial charge in [-0.2, -0.15) is 0 Å². The van der Waals surface area contributed by atoms with Crippen LogP contribution in [0.1, 0.15) is 34.1 Å². The van der Waals surface area contributed by atoms with Gasteiger partial charge in [-0.05, 0) is 30.7 Å². The van der Waals surface area contributed by atoms with Crippen molar-refractivity contribution in [3.63, 3.8) is 0 Å². The fourth-order valence-corrected chi connectivity index (χ4v) is 2.49. The summed E-state index contributed by atoms with van der Waals surface area (Å²) in [6.07, 6.45) is 0.793. The topological polar surface area (TPSA) is 105 Å². The molecular formula is C22H25N3O5. The van der Waals surface area contributed by atoms with Crippen LogP contribution in [0.15, 0.2) is 54.6 Å². The molecule has 0 fully saturated rings. The molecule has 2 N–H and O–H groups in total. The van der Waals surface area contributed by atoms with Gasteiger partial charge in [-0.15, -0.1) is 0 Å². The van der Waals surface area contributed by atoms with Crippen LogP contribution in [0.3, 0.4) is 0 Å². The number of esters is 1. The van der Waals surface area contributed by atoms with Crippen LogP contribution in [0.2, 0.25) is 0 Å². The Labute approximate surface area is 175 Å². The minimum absolute atomic E-state index is 0.123. The van der Waals surface area contributed by atoms with Gasteiger partial charge < -0.3 is 20.3 Å². The number of nitrogens with zero attached hydrogens (tertiary/aromatic N) is 1. The van der Waals surface area contributed by atoms with Crippen molar-refractivity contribution in [2.75, 3.05) is 32.1 Å². The monoisotopic (exact) mass is 411 g/mol. The molecule has 158 valence electrons. The van der Waals surface area contributed by atoms with Crippen molar-refractivity contribution in [2.45, 2.75) is 13.3 Å². The molecule has 2 rings (SSSR count). The summed E-state index contributed by atoms with van der Waals surface area (Å²) in [6.45, 7) is 1.81. The SMILES string of the molecule is CCCNC(=O)CN(C)C(=O)COC(=O)c1ccccc1NC(=O)c1ccccc1. The molecule has 8 nitrogen and oxygen atoms in total. The Hall–Kier alpha value is -3.68. The number of amides is 3. The fourth-order valence-electron chi connectivity index (χ4n) is 2.49. The van der Waals surface area contributed by atoms with Crippen LogP contribution in [0.4, 0.5) is 5.69 Å². The lowest BCUT2D eigenvalue weighted by Gasteiger charge is -2.17. The number of para-hydroxylation sites is 1. The Kier molecular flexibility index (Phi) is 8.56. The summed E-state index contributed by atoms with van der Waals surface area (Å²) in [5.41, 5.74) is 0.841. The average Bonchev–Trinajstić information content (AvgIpc) is 2.76. The highest BCUT2D eigenvalue weighted by atomic mass is 16.5. The van der Waals surface area contributed by atoms with E-state index in [0.717, 1.165) is 6.42 Å². The molecule has 0 atom stereocenters. The van der Waals surface area contributed by atoms with Gasteiger partial charge >= 0.3 is 5.97 Å². The molecule has 0 aliphatic heterocycles. The van der Waals surface area contributed by atoms with E-state index in [-0.39, 0.29) is 29.6 Å². The first kappa shape index (κ1) is 22.6. The number of nitrogens with one attached hydrogen (secondary N) is 2. The van der Waals surface area contributed by atoms with Gasteiger partial charge in [-0.3, -0.25) is 14.4 Å². The Morgan fingerprint density at radius 3 is 2.33 bits per heavy atom. The van der Waals surface area contributed by atoms with Crippen molar-refractivity contribution < 1.29 is 23.9 Å². The van der Waals surface area contributed by atoms with E-state index in [9.17, 15) is 19.2 Å². The van der Waals surface area contributed by atoms with E-state index in [1.807, 2.05) is 6.92 Å². The highest BCUT2D eigenvalue weighted by molar-refractivity contribution is 6.08. The van der Waals surface area contributed by atoms with Crippen LogP contribution >= 0.6 is 0 Å². The highest BCUT2D eigenvalue weighted by Gasteiger charge is 2.18. The number of carbonyl (C=O) groups is 4. The summed E-state index contributed by atoms with van der Waals surface area (Å²) in [7, 11) is 1.45. The van der Waals surface area contributed by atoms with Crippen molar-refractivity contribution in [1.29, 1.82) is 0 Å². The molecule has 0 aromatic heterocycles. The molecule has 0 saturated heterocycles. The molecule has 8 heteroatoms. The molecule has 0 saturated carbocycles. The minimum Gasteiger partial charge on any atom is -0.452 e. The molecule has 0 radical (unpaired) electrons. The van der Waals surface area contributed by atoms with E-state index in [0.29, 0.717) is 12.1 Å². The average molecular weight is 411 g/mol. The van der Waals surface area contributed by atoms with Gasteiger partial charge in [0.05, 0.1) is 17.8 Å². The number of hydrogen-bond donors (Lipinski definition) is 2. The number of ether oxygens (including phenoxy) is 1. The van der Waals surface area contributed by atoms with Gasteiger partial charge in [0.2, 0.25) is 5.91 Å². The number of benzene rings is 2. The smallest absolute Gasteiger partial charge is 0.340 e. The minimum atomic E-state index is -0.754. The van der Waals surface area contributed by atoms with Crippen molar-refractivity contribution in [2.24, 2.45) is 0 Å². The Morgan fingerprint density at radius 1 is 0.967 bits per heavy atom. The summed E-state index contributed by atoms with van der Waals surface area (Å²) in [5, 5.41) is 5.34. The second kappa shape index (κ2) is 11.4. The molecule has 0 spiro atoms. The largest absolute Gasteiger partial charge is 0.452 e. The van der Waals surface area contributed by atoms with E-state index < -0.39 is 18.5 Å². The van der Waals surface area contributed by atoms with E-state index in [4.69, 9.17) is 4.74 Å². The first-order valence-electron chi connectivity index (χ1n) is 9.55. The van der Waals surface area contributed by atoms with Crippen molar-refractivity contribution in [3.05, 3.63) is 65.7 Å². The third-order valence-electron chi connectivity index (χ3n) is 4.14. The van der Waals surface area contributed by atoms with E-state index in [1.54, 1.807) is 48.5 Å². The normalized spacial score (nSPS) is 10.1. The molecule has 0 aliphatic rings. The van der Waals surface area contributed by atoms with Crippen LogP contribution in [-0.4, -0.2) is 55.3 Å². The van der Waals surface area contributed by atoms with Crippen LogP contribution in [-0.2, 0) is 14.3 Å². The molecule has 0 bridgehead atoms. The summed E-state index contributed by atoms with van der Waals surface area (Å²) in [6, 6.07) is 14.9. The summed E-state index contributed by atoms with van der Waals surface area (Å²) in [4.78, 5) is 49.8. The van der Waals surface area contributed by atoms with Gasteiger partial charge in [0.1, 0.15) is 0 Å². The Balaban J connectivity index is 1.95. The van der Waals surface area contributed by atoms with Crippen molar-refractivity contribution in [1.82, 2.24) is 10.2 Å². The molecule has 0 unspecified atom stereocenters. The molecule has 2 aromatic rings. The molecular weight excluding hydrogens is 386 g/mol. The Morgan fingerprint density at radius 2 is 1.63 bits per heavy atom. The molecule has 2 aromatic carbocycles. The van der Waals surface area contributed by atoms with Crippen molar-refractivity contribution in [3.8, 4) is 0 Å². The van der Waals surface area contributed by atoms with Crippen LogP contribution in [0.5, 0.6) is 0 Å². The predicted molar refractivity (Wildman–Crippen MR) is 112 cm³/mol. The molecule has 3 amide bonds. The van der Waals surface area contributed by atoms with Gasteiger partial charge in [0.25, 0.3) is 11.8 Å². The molecule has 0 aliphatic carbocycles. The standard InChI is InChI=1S/C22H25N3O5/c1-3-13-23-19(26)14-25(2)20(27)15-30-22(29)17-11-7-8-12-18(17)24-21(28)16-9-5-4-6-10-16/h4-12H,3,13-15H2,1-2H3,(H,23,26)(H,24,28). The quantitative estimate of drug-likeness (QED) is 0.615. The number of carbonyl (C=O) groups excluding carboxylic acids is 4. The molecule has 30 heavy (non-hydrogen) atoms. The second-order valence-electron chi connectivity index (χ2n) is 6.54. The zero-order chi connectivity index (χ0) is 21.9. The lowest BCUT2D eigenvalue weighted by atomic mass is 10.1. The summed E-state index contributed by atoms with van der Waals surface area (Å²) in [5.74, 6) is -1.92. The number of likely N-dealkylation sites (N-methyl/N-ethyl adjacent to an activating group) is 1. The lowest BCUT2D eigenvalue weighted by molar-refractivity contribution is -0.137. The highest BCUT2D eigenvalue weighted by Crippen LogP contribution is 2.17. The van der Waals surface area contributed by atoms with Crippen LogP contribution < -0.4 is 10.6 Å². The maximum atomic E-state index is 12.5. The first-order chi connectivity index (χ1) is 14.4.